The molecule has 1 atom stereocenters. The molecule has 0 aromatic heterocycles. The molecule has 0 heterocycles. The number of hydrogen-bond donors (Lipinski definition) is 2. The van der Waals surface area contributed by atoms with E-state index in [2.05, 4.69) is 38.1 Å². The SMILES string of the molecule is CCC1(CC)c2ccc3c(ccc4cc(O)ccc43)c2CCC1O. The Morgan fingerprint density at radius 3 is 2.42 bits per heavy atom. The van der Waals surface area contributed by atoms with Crippen LogP contribution in [0.4, 0.5) is 0 Å². The summed E-state index contributed by atoms with van der Waals surface area (Å²) in [6.07, 6.45) is 3.44. The fourth-order valence-corrected chi connectivity index (χ4v) is 4.77. The molecule has 0 spiro atoms. The van der Waals surface area contributed by atoms with Gasteiger partial charge in [-0.2, -0.15) is 0 Å². The number of phenolic OH excluding ortho intramolecular Hbond substituents is 1. The highest BCUT2D eigenvalue weighted by Gasteiger charge is 2.41. The molecule has 0 fully saturated rings. The molecule has 2 nitrogen and oxygen atoms in total. The lowest BCUT2D eigenvalue weighted by molar-refractivity contribution is 0.0576. The van der Waals surface area contributed by atoms with Crippen LogP contribution in [0.15, 0.2) is 42.5 Å². The number of rotatable bonds is 2. The molecule has 0 amide bonds. The van der Waals surface area contributed by atoms with Crippen molar-refractivity contribution < 1.29 is 10.2 Å². The van der Waals surface area contributed by atoms with Gasteiger partial charge >= 0.3 is 0 Å². The van der Waals surface area contributed by atoms with Gasteiger partial charge in [0.1, 0.15) is 5.75 Å². The van der Waals surface area contributed by atoms with Gasteiger partial charge in [0.05, 0.1) is 6.10 Å². The van der Waals surface area contributed by atoms with Crippen molar-refractivity contribution in [2.45, 2.75) is 51.0 Å². The van der Waals surface area contributed by atoms with Gasteiger partial charge in [0, 0.05) is 5.41 Å². The molecule has 4 rings (SSSR count). The second-order valence-electron chi connectivity index (χ2n) is 7.08. The molecule has 3 aromatic rings. The zero-order valence-corrected chi connectivity index (χ0v) is 14.3. The summed E-state index contributed by atoms with van der Waals surface area (Å²) in [7, 11) is 0. The van der Waals surface area contributed by atoms with Crippen molar-refractivity contribution in [3.05, 3.63) is 53.6 Å². The molecule has 2 N–H and O–H groups in total. The van der Waals surface area contributed by atoms with Crippen molar-refractivity contribution in [3.8, 4) is 5.75 Å². The minimum absolute atomic E-state index is 0.119. The quantitative estimate of drug-likeness (QED) is 0.648. The Morgan fingerprint density at radius 2 is 1.67 bits per heavy atom. The molecule has 0 aliphatic heterocycles. The summed E-state index contributed by atoms with van der Waals surface area (Å²) in [5, 5.41) is 25.2. The minimum Gasteiger partial charge on any atom is -0.508 e. The fraction of sp³-hybridized carbons (Fsp3) is 0.364. The van der Waals surface area contributed by atoms with Crippen LogP contribution in [0.3, 0.4) is 0 Å². The van der Waals surface area contributed by atoms with Crippen molar-refractivity contribution >= 4 is 21.5 Å². The highest BCUT2D eigenvalue weighted by atomic mass is 16.3. The first-order valence-electron chi connectivity index (χ1n) is 8.96. The lowest BCUT2D eigenvalue weighted by Crippen LogP contribution is -2.42. The fourth-order valence-electron chi connectivity index (χ4n) is 4.77. The van der Waals surface area contributed by atoms with Crippen LogP contribution in [0.1, 0.15) is 44.2 Å². The van der Waals surface area contributed by atoms with E-state index in [1.807, 2.05) is 12.1 Å². The average molecular weight is 320 g/mol. The van der Waals surface area contributed by atoms with Crippen molar-refractivity contribution in [1.29, 1.82) is 0 Å². The van der Waals surface area contributed by atoms with Gasteiger partial charge in [-0.3, -0.25) is 0 Å². The maximum absolute atomic E-state index is 10.7. The van der Waals surface area contributed by atoms with Gasteiger partial charge in [-0.05, 0) is 70.5 Å². The number of phenols is 1. The van der Waals surface area contributed by atoms with E-state index in [-0.39, 0.29) is 11.5 Å². The van der Waals surface area contributed by atoms with Crippen LogP contribution in [0.25, 0.3) is 21.5 Å². The van der Waals surface area contributed by atoms with Gasteiger partial charge < -0.3 is 10.2 Å². The van der Waals surface area contributed by atoms with Gasteiger partial charge in [0.25, 0.3) is 0 Å². The summed E-state index contributed by atoms with van der Waals surface area (Å²) in [6, 6.07) is 14.3. The Balaban J connectivity index is 2.05. The number of hydrogen-bond acceptors (Lipinski definition) is 2. The van der Waals surface area contributed by atoms with Crippen LogP contribution >= 0.6 is 0 Å². The van der Waals surface area contributed by atoms with Gasteiger partial charge in [0.15, 0.2) is 0 Å². The molecule has 0 saturated heterocycles. The predicted molar refractivity (Wildman–Crippen MR) is 99.7 cm³/mol. The molecule has 0 radical (unpaired) electrons. The second-order valence-corrected chi connectivity index (χ2v) is 7.08. The molecule has 3 aromatic carbocycles. The van der Waals surface area contributed by atoms with Crippen molar-refractivity contribution in [1.82, 2.24) is 0 Å². The number of fused-ring (bicyclic) bond motifs is 5. The van der Waals surface area contributed by atoms with Gasteiger partial charge in [0.2, 0.25) is 0 Å². The summed E-state index contributed by atoms with van der Waals surface area (Å²) >= 11 is 0. The normalized spacial score (nSPS) is 19.5. The zero-order valence-electron chi connectivity index (χ0n) is 14.3. The van der Waals surface area contributed by atoms with E-state index in [0.717, 1.165) is 31.1 Å². The zero-order chi connectivity index (χ0) is 16.9. The predicted octanol–water partition coefficient (Wildman–Crippen LogP) is 5.06. The third kappa shape index (κ3) is 1.99. The standard InChI is InChI=1S/C22H24O2/c1-3-22(4-2)20-11-9-17-16-8-6-15(23)13-14(16)5-7-18(17)19(20)10-12-21(22)24/h5-9,11,13,21,23-24H,3-4,10,12H2,1-2H3. The Hall–Kier alpha value is -2.06. The molecular formula is C22H24O2. The van der Waals surface area contributed by atoms with E-state index in [4.69, 9.17) is 0 Å². The third-order valence-corrected chi connectivity index (χ3v) is 6.22. The molecule has 1 aliphatic carbocycles. The molecule has 2 heteroatoms. The highest BCUT2D eigenvalue weighted by molar-refractivity contribution is 6.09. The molecule has 24 heavy (non-hydrogen) atoms. The highest BCUT2D eigenvalue weighted by Crippen LogP contribution is 2.45. The third-order valence-electron chi connectivity index (χ3n) is 6.22. The van der Waals surface area contributed by atoms with Crippen LogP contribution in [0.5, 0.6) is 5.75 Å². The Bertz CT molecular complexity index is 922. The van der Waals surface area contributed by atoms with Crippen LogP contribution in [0, 0.1) is 0 Å². The maximum Gasteiger partial charge on any atom is 0.116 e. The number of aromatic hydroxyl groups is 1. The monoisotopic (exact) mass is 320 g/mol. The van der Waals surface area contributed by atoms with Crippen molar-refractivity contribution in [3.63, 3.8) is 0 Å². The number of aryl methyl sites for hydroxylation is 1. The molecule has 1 aliphatic rings. The van der Waals surface area contributed by atoms with Crippen LogP contribution in [-0.4, -0.2) is 16.3 Å². The Kier molecular flexibility index (Phi) is 3.54. The average Bonchev–Trinajstić information content (AvgIpc) is 2.61. The largest absolute Gasteiger partial charge is 0.508 e. The summed E-state index contributed by atoms with van der Waals surface area (Å²) < 4.78 is 0. The van der Waals surface area contributed by atoms with Crippen molar-refractivity contribution in [2.24, 2.45) is 0 Å². The minimum atomic E-state index is -0.255. The van der Waals surface area contributed by atoms with E-state index >= 15 is 0 Å². The van der Waals surface area contributed by atoms with E-state index in [1.165, 1.54) is 27.3 Å². The second kappa shape index (κ2) is 5.49. The molecular weight excluding hydrogens is 296 g/mol. The topological polar surface area (TPSA) is 40.5 Å². The smallest absolute Gasteiger partial charge is 0.116 e. The number of benzene rings is 3. The number of aliphatic hydroxyl groups is 1. The molecule has 0 saturated carbocycles. The van der Waals surface area contributed by atoms with Crippen LogP contribution < -0.4 is 0 Å². The van der Waals surface area contributed by atoms with Crippen LogP contribution in [0.2, 0.25) is 0 Å². The van der Waals surface area contributed by atoms with E-state index < -0.39 is 0 Å². The van der Waals surface area contributed by atoms with E-state index in [1.54, 1.807) is 6.07 Å². The van der Waals surface area contributed by atoms with E-state index in [9.17, 15) is 10.2 Å². The molecule has 124 valence electrons. The Morgan fingerprint density at radius 1 is 0.958 bits per heavy atom. The van der Waals surface area contributed by atoms with E-state index in [0.29, 0.717) is 5.75 Å². The van der Waals surface area contributed by atoms with Gasteiger partial charge in [-0.25, -0.2) is 0 Å². The first kappa shape index (κ1) is 15.5. The van der Waals surface area contributed by atoms with Crippen LogP contribution in [-0.2, 0) is 11.8 Å². The lowest BCUT2D eigenvalue weighted by Gasteiger charge is -2.42. The Labute approximate surface area is 142 Å². The molecule has 0 bridgehead atoms. The summed E-state index contributed by atoms with van der Waals surface area (Å²) in [5.74, 6) is 0.305. The lowest BCUT2D eigenvalue weighted by atomic mass is 9.64. The van der Waals surface area contributed by atoms with Gasteiger partial charge in [-0.15, -0.1) is 0 Å². The summed E-state index contributed by atoms with van der Waals surface area (Å²) in [4.78, 5) is 0. The summed E-state index contributed by atoms with van der Waals surface area (Å²) in [5.41, 5.74) is 2.61. The molecule has 1 unspecified atom stereocenters. The van der Waals surface area contributed by atoms with Gasteiger partial charge in [-0.1, -0.05) is 44.2 Å². The first-order valence-corrected chi connectivity index (χ1v) is 8.96. The summed E-state index contributed by atoms with van der Waals surface area (Å²) in [6.45, 7) is 4.38. The van der Waals surface area contributed by atoms with Crippen molar-refractivity contribution in [2.75, 3.05) is 0 Å². The first-order chi connectivity index (χ1) is 11.6. The number of aliphatic hydroxyl groups excluding tert-OH is 1. The maximum atomic E-state index is 10.7.